The van der Waals surface area contributed by atoms with Crippen LogP contribution in [0.1, 0.15) is 78.1 Å². The van der Waals surface area contributed by atoms with Crippen LogP contribution in [0.25, 0.3) is 11.0 Å². The molecule has 5 nitrogen and oxygen atoms in total. The molecule has 174 valence electrons. The van der Waals surface area contributed by atoms with E-state index in [4.69, 9.17) is 0 Å². The zero-order chi connectivity index (χ0) is 22.3. The average Bonchev–Trinajstić information content (AvgIpc) is 3.19. The summed E-state index contributed by atoms with van der Waals surface area (Å²) in [4.78, 5) is 17.6. The maximum absolute atomic E-state index is 13.2. The number of ketones is 1. The van der Waals surface area contributed by atoms with Crippen molar-refractivity contribution in [1.29, 1.82) is 0 Å². The monoisotopic (exact) mass is 437 g/mol. The van der Waals surface area contributed by atoms with Gasteiger partial charge in [-0.05, 0) is 106 Å². The predicted molar refractivity (Wildman–Crippen MR) is 126 cm³/mol. The van der Waals surface area contributed by atoms with Gasteiger partial charge in [-0.15, -0.1) is 0 Å². The second-order valence-corrected chi connectivity index (χ2v) is 11.5. The number of fused-ring (bicyclic) bond motifs is 4. The molecule has 2 heterocycles. The third-order valence-electron chi connectivity index (χ3n) is 9.18. The first-order chi connectivity index (χ1) is 15.4. The number of nitrogens with zero attached hydrogens (tertiary/aromatic N) is 3. The molecule has 0 spiro atoms. The number of carbonyl (C=O) groups is 1. The maximum atomic E-state index is 13.2. The normalized spacial score (nSPS) is 38.2. The molecule has 1 unspecified atom stereocenters. The minimum absolute atomic E-state index is 0.153. The molecule has 32 heavy (non-hydrogen) atoms. The summed E-state index contributed by atoms with van der Waals surface area (Å²) in [6.45, 7) is 4.84. The van der Waals surface area contributed by atoms with Gasteiger partial charge in [0.25, 0.3) is 0 Å². The van der Waals surface area contributed by atoms with Gasteiger partial charge in [0.15, 0.2) is 5.78 Å². The molecule has 0 aromatic carbocycles. The van der Waals surface area contributed by atoms with E-state index in [0.717, 1.165) is 67.3 Å². The van der Waals surface area contributed by atoms with Crippen LogP contribution in [0, 0.1) is 35.5 Å². The van der Waals surface area contributed by atoms with Gasteiger partial charge in [-0.3, -0.25) is 14.5 Å². The van der Waals surface area contributed by atoms with E-state index in [2.05, 4.69) is 17.0 Å². The molecule has 1 N–H and O–H groups in total. The Morgan fingerprint density at radius 3 is 2.81 bits per heavy atom. The number of pyridine rings is 1. The van der Waals surface area contributed by atoms with E-state index in [9.17, 15) is 9.90 Å². The highest BCUT2D eigenvalue weighted by molar-refractivity contribution is 5.81. The van der Waals surface area contributed by atoms with Gasteiger partial charge in [-0.1, -0.05) is 13.3 Å². The molecule has 3 aliphatic carbocycles. The third-order valence-corrected chi connectivity index (χ3v) is 9.18. The number of rotatable bonds is 3. The van der Waals surface area contributed by atoms with Crippen molar-refractivity contribution in [1.82, 2.24) is 14.8 Å². The van der Waals surface area contributed by atoms with Crippen molar-refractivity contribution < 1.29 is 9.90 Å². The summed E-state index contributed by atoms with van der Waals surface area (Å²) in [5.74, 6) is 4.25. The van der Waals surface area contributed by atoms with Gasteiger partial charge in [0.2, 0.25) is 0 Å². The third kappa shape index (κ3) is 4.50. The molecule has 3 aliphatic rings. The first-order valence-corrected chi connectivity index (χ1v) is 12.9. The minimum Gasteiger partial charge on any atom is -0.390 e. The number of carbonyl (C=O) groups excluding carboxylic acids is 1. The highest BCUT2D eigenvalue weighted by Crippen LogP contribution is 2.53. The molecular formula is C27H39N3O2. The first-order valence-electron chi connectivity index (χ1n) is 12.9. The Morgan fingerprint density at radius 2 is 1.97 bits per heavy atom. The van der Waals surface area contributed by atoms with Crippen molar-refractivity contribution in [2.45, 2.75) is 90.2 Å². The van der Waals surface area contributed by atoms with E-state index in [-0.39, 0.29) is 5.92 Å². The molecule has 0 saturated heterocycles. The molecule has 7 atom stereocenters. The number of hydrogen-bond acceptors (Lipinski definition) is 4. The van der Waals surface area contributed by atoms with Crippen molar-refractivity contribution in [3.63, 3.8) is 0 Å². The average molecular weight is 438 g/mol. The highest BCUT2D eigenvalue weighted by Gasteiger charge is 2.46. The van der Waals surface area contributed by atoms with Crippen LogP contribution in [0.3, 0.4) is 0 Å². The lowest BCUT2D eigenvalue weighted by molar-refractivity contribution is -0.124. The summed E-state index contributed by atoms with van der Waals surface area (Å²) in [5.41, 5.74) is 1.25. The van der Waals surface area contributed by atoms with E-state index >= 15 is 0 Å². The zero-order valence-corrected chi connectivity index (χ0v) is 19.7. The molecular weight excluding hydrogens is 398 g/mol. The minimum atomic E-state index is -0.456. The summed E-state index contributed by atoms with van der Waals surface area (Å²) in [5, 5.41) is 15.2. The number of aliphatic hydroxyl groups is 1. The van der Waals surface area contributed by atoms with Gasteiger partial charge in [0.1, 0.15) is 11.0 Å². The predicted octanol–water partition coefficient (Wildman–Crippen LogP) is 5.41. The van der Waals surface area contributed by atoms with Crippen LogP contribution in [0.15, 0.2) is 24.5 Å². The molecule has 0 radical (unpaired) electrons. The number of Topliss-reactive ketones (excluding diaryl/α,β-unsaturated/α-hetero) is 1. The summed E-state index contributed by atoms with van der Waals surface area (Å²) < 4.78 is 1.79. The number of hydrogen-bond donors (Lipinski definition) is 1. The van der Waals surface area contributed by atoms with Crippen molar-refractivity contribution >= 4 is 16.8 Å². The highest BCUT2D eigenvalue weighted by atomic mass is 16.3. The van der Waals surface area contributed by atoms with Gasteiger partial charge in [-0.2, -0.15) is 5.10 Å². The van der Waals surface area contributed by atoms with E-state index in [1.54, 1.807) is 10.9 Å². The van der Waals surface area contributed by atoms with Gasteiger partial charge in [0, 0.05) is 12.1 Å². The fourth-order valence-electron chi connectivity index (χ4n) is 7.50. The summed E-state index contributed by atoms with van der Waals surface area (Å²) in [7, 11) is 0. The lowest BCUT2D eigenvalue weighted by atomic mass is 9.56. The van der Waals surface area contributed by atoms with E-state index < -0.39 is 5.60 Å². The Labute approximate surface area is 192 Å². The topological polar surface area (TPSA) is 68.0 Å². The van der Waals surface area contributed by atoms with Crippen LogP contribution < -0.4 is 0 Å². The molecule has 0 aliphatic heterocycles. The summed E-state index contributed by atoms with van der Waals surface area (Å²) >= 11 is 0. The van der Waals surface area contributed by atoms with Crippen molar-refractivity contribution in [2.75, 3.05) is 0 Å². The summed E-state index contributed by atoms with van der Waals surface area (Å²) in [6.07, 6.45) is 15.0. The molecule has 2 aromatic heterocycles. The molecule has 0 bridgehead atoms. The van der Waals surface area contributed by atoms with Crippen molar-refractivity contribution in [2.24, 2.45) is 35.5 Å². The van der Waals surface area contributed by atoms with Crippen LogP contribution >= 0.6 is 0 Å². The number of aromatic nitrogens is 3. The molecule has 3 fully saturated rings. The maximum Gasteiger partial charge on any atom is 0.157 e. The van der Waals surface area contributed by atoms with Gasteiger partial charge < -0.3 is 5.11 Å². The van der Waals surface area contributed by atoms with Gasteiger partial charge in [-0.25, -0.2) is 0 Å². The lowest BCUT2D eigenvalue weighted by Crippen LogP contribution is -2.45. The Kier molecular flexibility index (Phi) is 6.13. The Hall–Kier alpha value is -1.75. The van der Waals surface area contributed by atoms with Crippen LogP contribution in [0.4, 0.5) is 0 Å². The van der Waals surface area contributed by atoms with E-state index in [0.29, 0.717) is 24.2 Å². The second kappa shape index (κ2) is 8.89. The van der Waals surface area contributed by atoms with Crippen LogP contribution in [-0.4, -0.2) is 31.3 Å². The zero-order valence-electron chi connectivity index (χ0n) is 19.7. The van der Waals surface area contributed by atoms with E-state index in [1.165, 1.54) is 25.7 Å². The fourth-order valence-corrected chi connectivity index (χ4v) is 7.50. The molecule has 3 saturated carbocycles. The standard InChI is InChI=1S/C27H39N3O2/c1-18-8-9-19(26(31)17-30-16-25-24(29-30)7-4-14-28-25)5-3-6-23-21(18)11-10-20-15-27(2,32)13-12-22(20)23/h4,7,14,16,18-23,32H,3,5-6,8-13,15,17H2,1-2H3/t18-,19+,20+,21?,22-,23-,27+/m0/s1. The van der Waals surface area contributed by atoms with Crippen molar-refractivity contribution in [3.8, 4) is 0 Å². The molecule has 5 heteroatoms. The van der Waals surface area contributed by atoms with Crippen LogP contribution in [-0.2, 0) is 11.3 Å². The van der Waals surface area contributed by atoms with E-state index in [1.807, 2.05) is 25.3 Å². The molecule has 0 amide bonds. The Morgan fingerprint density at radius 1 is 1.09 bits per heavy atom. The lowest BCUT2D eigenvalue weighted by Gasteiger charge is -2.50. The van der Waals surface area contributed by atoms with Gasteiger partial charge >= 0.3 is 0 Å². The summed E-state index contributed by atoms with van der Waals surface area (Å²) in [6, 6.07) is 3.84. The van der Waals surface area contributed by atoms with Gasteiger partial charge in [0.05, 0.1) is 18.3 Å². The first kappa shape index (κ1) is 22.1. The van der Waals surface area contributed by atoms with Crippen molar-refractivity contribution in [3.05, 3.63) is 24.5 Å². The molecule has 2 aromatic rings. The largest absolute Gasteiger partial charge is 0.390 e. The van der Waals surface area contributed by atoms with Crippen LogP contribution in [0.5, 0.6) is 0 Å². The quantitative estimate of drug-likeness (QED) is 0.697. The SMILES string of the molecule is C[C@H]1CC[C@H](C(=O)Cn2cc3ncccc3n2)CCC[C@H]2C1CC[C@@H]1C[C@](C)(O)CC[C@@H]12. The molecule has 5 rings (SSSR count). The fraction of sp³-hybridized carbons (Fsp3) is 0.741. The van der Waals surface area contributed by atoms with Crippen LogP contribution in [0.2, 0.25) is 0 Å². The second-order valence-electron chi connectivity index (χ2n) is 11.5. The Balaban J connectivity index is 1.25. The Bertz CT molecular complexity index is 918. The smallest absolute Gasteiger partial charge is 0.157 e.